The summed E-state index contributed by atoms with van der Waals surface area (Å²) in [5, 5.41) is 0. The lowest BCUT2D eigenvalue weighted by atomic mass is 9.95. The number of hydrogen-bond acceptors (Lipinski definition) is 3. The number of benzene rings is 2. The van der Waals surface area contributed by atoms with Gasteiger partial charge in [-0.2, -0.15) is 0 Å². The van der Waals surface area contributed by atoms with E-state index < -0.39 is 0 Å². The topological polar surface area (TPSA) is 46.3 Å². The number of amides is 1. The minimum atomic E-state index is -0.0391. The van der Waals surface area contributed by atoms with E-state index in [1.807, 2.05) is 48.2 Å². The minimum absolute atomic E-state index is 0.0391. The highest BCUT2D eigenvalue weighted by Gasteiger charge is 2.31. The largest absolute Gasteiger partial charge is 0.431 e. The first-order valence-corrected chi connectivity index (χ1v) is 9.60. The molecule has 1 fully saturated rings. The molecule has 4 heteroatoms. The molecule has 3 aromatic rings. The van der Waals surface area contributed by atoms with E-state index in [4.69, 9.17) is 4.42 Å². The van der Waals surface area contributed by atoms with Crippen molar-refractivity contribution in [3.05, 3.63) is 77.7 Å². The van der Waals surface area contributed by atoms with E-state index in [0.717, 1.165) is 37.8 Å². The van der Waals surface area contributed by atoms with Crippen LogP contribution in [-0.2, 0) is 6.42 Å². The maximum absolute atomic E-state index is 13.3. The summed E-state index contributed by atoms with van der Waals surface area (Å²) < 4.78 is 5.91. The fraction of sp³-hybridized carbons (Fsp3) is 0.304. The van der Waals surface area contributed by atoms with Crippen molar-refractivity contribution in [2.75, 3.05) is 6.54 Å². The molecule has 1 atom stereocenters. The quantitative estimate of drug-likeness (QED) is 0.666. The molecule has 2 aromatic carbocycles. The van der Waals surface area contributed by atoms with Gasteiger partial charge in [-0.1, -0.05) is 48.5 Å². The van der Waals surface area contributed by atoms with Crippen LogP contribution in [0.1, 0.15) is 41.1 Å². The highest BCUT2D eigenvalue weighted by molar-refractivity contribution is 5.93. The Labute approximate surface area is 159 Å². The predicted molar refractivity (Wildman–Crippen MR) is 105 cm³/mol. The molecule has 0 unspecified atom stereocenters. The molecule has 2 heterocycles. The third-order valence-electron chi connectivity index (χ3n) is 5.21. The molecule has 0 N–H and O–H groups in total. The molecule has 0 spiro atoms. The molecule has 4 rings (SSSR count). The van der Waals surface area contributed by atoms with Crippen molar-refractivity contribution >= 4 is 5.91 Å². The van der Waals surface area contributed by atoms with Crippen molar-refractivity contribution in [3.8, 4) is 11.5 Å². The Balaban J connectivity index is 1.58. The van der Waals surface area contributed by atoms with Crippen LogP contribution < -0.4 is 0 Å². The monoisotopic (exact) mass is 360 g/mol. The second-order valence-electron chi connectivity index (χ2n) is 7.14. The Morgan fingerprint density at radius 2 is 1.78 bits per heavy atom. The summed E-state index contributed by atoms with van der Waals surface area (Å²) in [5.41, 5.74) is 2.81. The molecule has 1 saturated heterocycles. The highest BCUT2D eigenvalue weighted by atomic mass is 16.4. The zero-order valence-corrected chi connectivity index (χ0v) is 15.6. The zero-order chi connectivity index (χ0) is 18.6. The molecule has 1 aliphatic heterocycles. The molecule has 4 nitrogen and oxygen atoms in total. The fourth-order valence-electron chi connectivity index (χ4n) is 3.80. The second-order valence-corrected chi connectivity index (χ2v) is 7.14. The second kappa shape index (κ2) is 7.78. The summed E-state index contributed by atoms with van der Waals surface area (Å²) in [6.45, 7) is 2.62. The first-order valence-electron chi connectivity index (χ1n) is 9.60. The van der Waals surface area contributed by atoms with Crippen LogP contribution in [0.3, 0.4) is 0 Å². The lowest BCUT2D eigenvalue weighted by Gasteiger charge is -2.35. The van der Waals surface area contributed by atoms with E-state index in [0.29, 0.717) is 17.3 Å². The third kappa shape index (κ3) is 3.80. The van der Waals surface area contributed by atoms with E-state index >= 15 is 0 Å². The number of rotatable bonds is 4. The van der Waals surface area contributed by atoms with Gasteiger partial charge < -0.3 is 9.32 Å². The smallest absolute Gasteiger partial charge is 0.291 e. The lowest BCUT2D eigenvalue weighted by Crippen LogP contribution is -2.45. The van der Waals surface area contributed by atoms with E-state index in [2.05, 4.69) is 29.2 Å². The van der Waals surface area contributed by atoms with Crippen molar-refractivity contribution < 1.29 is 9.21 Å². The van der Waals surface area contributed by atoms with Crippen LogP contribution in [0.25, 0.3) is 11.5 Å². The van der Waals surface area contributed by atoms with Gasteiger partial charge in [-0.25, -0.2) is 4.98 Å². The molecule has 0 saturated carbocycles. The Hall–Kier alpha value is -2.88. The standard InChI is InChI=1S/C23H24N2O2/c1-17-21(27-22(24-17)19-12-6-3-7-13-19)23(26)25-15-9-8-14-20(25)16-18-10-4-2-5-11-18/h2-7,10-13,20H,8-9,14-16H2,1H3/t20-/m1/s1. The minimum Gasteiger partial charge on any atom is -0.431 e. The maximum Gasteiger partial charge on any atom is 0.291 e. The van der Waals surface area contributed by atoms with Crippen molar-refractivity contribution in [1.29, 1.82) is 0 Å². The van der Waals surface area contributed by atoms with Crippen molar-refractivity contribution in [3.63, 3.8) is 0 Å². The third-order valence-corrected chi connectivity index (χ3v) is 5.21. The van der Waals surface area contributed by atoms with E-state index in [-0.39, 0.29) is 11.9 Å². The summed E-state index contributed by atoms with van der Waals surface area (Å²) in [6.07, 6.45) is 4.10. The zero-order valence-electron chi connectivity index (χ0n) is 15.6. The van der Waals surface area contributed by atoms with Crippen LogP contribution in [0.2, 0.25) is 0 Å². The van der Waals surface area contributed by atoms with Gasteiger partial charge in [0, 0.05) is 18.2 Å². The number of aromatic nitrogens is 1. The van der Waals surface area contributed by atoms with Crippen LogP contribution in [-0.4, -0.2) is 28.4 Å². The van der Waals surface area contributed by atoms with Crippen molar-refractivity contribution in [1.82, 2.24) is 9.88 Å². The number of aryl methyl sites for hydroxylation is 1. The molecule has 27 heavy (non-hydrogen) atoms. The van der Waals surface area contributed by atoms with Gasteiger partial charge in [0.15, 0.2) is 0 Å². The molecule has 0 bridgehead atoms. The van der Waals surface area contributed by atoms with Gasteiger partial charge >= 0.3 is 0 Å². The van der Waals surface area contributed by atoms with Crippen LogP contribution in [0.15, 0.2) is 65.1 Å². The first kappa shape index (κ1) is 17.5. The summed E-state index contributed by atoms with van der Waals surface area (Å²) in [5.74, 6) is 0.838. The van der Waals surface area contributed by atoms with E-state index in [1.54, 1.807) is 0 Å². The molecule has 0 radical (unpaired) electrons. The molecular formula is C23H24N2O2. The number of oxazole rings is 1. The fourth-order valence-corrected chi connectivity index (χ4v) is 3.80. The van der Waals surface area contributed by atoms with Gasteiger partial charge in [0.25, 0.3) is 5.91 Å². The van der Waals surface area contributed by atoms with E-state index in [9.17, 15) is 4.79 Å². The van der Waals surface area contributed by atoms with Gasteiger partial charge in [-0.05, 0) is 50.3 Å². The number of carbonyl (C=O) groups is 1. The molecule has 138 valence electrons. The number of hydrogen-bond donors (Lipinski definition) is 0. The summed E-state index contributed by atoms with van der Waals surface area (Å²) in [4.78, 5) is 19.7. The van der Waals surface area contributed by atoms with Crippen LogP contribution in [0, 0.1) is 6.92 Å². The Morgan fingerprint density at radius 1 is 1.07 bits per heavy atom. The average Bonchev–Trinajstić information content (AvgIpc) is 3.11. The predicted octanol–water partition coefficient (Wildman–Crippen LogP) is 4.89. The van der Waals surface area contributed by atoms with Crippen LogP contribution >= 0.6 is 0 Å². The van der Waals surface area contributed by atoms with E-state index in [1.165, 1.54) is 5.56 Å². The van der Waals surface area contributed by atoms with Gasteiger partial charge in [-0.15, -0.1) is 0 Å². The first-order chi connectivity index (χ1) is 13.2. The lowest BCUT2D eigenvalue weighted by molar-refractivity contribution is 0.0581. The molecular weight excluding hydrogens is 336 g/mol. The molecule has 1 amide bonds. The van der Waals surface area contributed by atoms with Crippen LogP contribution in [0.5, 0.6) is 0 Å². The highest BCUT2D eigenvalue weighted by Crippen LogP contribution is 2.27. The van der Waals surface area contributed by atoms with Crippen molar-refractivity contribution in [2.24, 2.45) is 0 Å². The van der Waals surface area contributed by atoms with Gasteiger partial charge in [0.2, 0.25) is 11.7 Å². The summed E-state index contributed by atoms with van der Waals surface area (Å²) in [7, 11) is 0. The van der Waals surface area contributed by atoms with Crippen molar-refractivity contribution in [2.45, 2.75) is 38.6 Å². The molecule has 1 aliphatic rings. The summed E-state index contributed by atoms with van der Waals surface area (Å²) >= 11 is 0. The molecule has 1 aromatic heterocycles. The van der Waals surface area contributed by atoms with Gasteiger partial charge in [0.1, 0.15) is 0 Å². The Kier molecular flexibility index (Phi) is 5.05. The number of carbonyl (C=O) groups excluding carboxylic acids is 1. The average molecular weight is 360 g/mol. The normalized spacial score (nSPS) is 17.1. The number of piperidine rings is 1. The maximum atomic E-state index is 13.3. The Morgan fingerprint density at radius 3 is 2.52 bits per heavy atom. The summed E-state index contributed by atoms with van der Waals surface area (Å²) in [6, 6.07) is 20.3. The van der Waals surface area contributed by atoms with Gasteiger partial charge in [-0.3, -0.25) is 4.79 Å². The SMILES string of the molecule is Cc1nc(-c2ccccc2)oc1C(=O)N1CCCC[C@@H]1Cc1ccccc1. The molecule has 0 aliphatic carbocycles. The Bertz CT molecular complexity index is 903. The van der Waals surface area contributed by atoms with Crippen LogP contribution in [0.4, 0.5) is 0 Å². The van der Waals surface area contributed by atoms with Gasteiger partial charge in [0.05, 0.1) is 5.69 Å². The number of likely N-dealkylation sites (tertiary alicyclic amines) is 1. The number of nitrogens with zero attached hydrogens (tertiary/aromatic N) is 2.